The Hall–Kier alpha value is -1.11. The van der Waals surface area contributed by atoms with Gasteiger partial charge in [0.1, 0.15) is 5.75 Å². The highest BCUT2D eigenvalue weighted by molar-refractivity contribution is 9.10. The summed E-state index contributed by atoms with van der Waals surface area (Å²) in [4.78, 5) is 3.95. The molecule has 1 N–H and O–H groups in total. The second-order valence-electron chi connectivity index (χ2n) is 3.22. The normalized spacial score (nSPS) is 10.2. The summed E-state index contributed by atoms with van der Waals surface area (Å²) >= 11 is 14.9. The first-order chi connectivity index (χ1) is 8.58. The van der Waals surface area contributed by atoms with E-state index in [1.807, 2.05) is 12.1 Å². The number of nitrogens with one attached hydrogen (secondary N) is 1. The Balaban J connectivity index is 2.33. The molecule has 0 fully saturated rings. The van der Waals surface area contributed by atoms with Crippen LogP contribution >= 0.6 is 39.1 Å². The maximum absolute atomic E-state index is 5.86. The second kappa shape index (κ2) is 5.69. The molecule has 8 heteroatoms. The molecule has 0 aliphatic heterocycles. The molecule has 2 aromatic rings. The molecule has 1 aromatic carbocycles. The molecular weight excluding hydrogens is 343 g/mol. The number of hydrogen-bond acceptors (Lipinski definition) is 5. The number of ether oxygens (including phenoxy) is 1. The van der Waals surface area contributed by atoms with Gasteiger partial charge in [-0.1, -0.05) is 27.5 Å². The predicted molar refractivity (Wildman–Crippen MR) is 73.8 cm³/mol. The summed E-state index contributed by atoms with van der Waals surface area (Å²) < 4.78 is 6.01. The van der Waals surface area contributed by atoms with Gasteiger partial charge in [0.15, 0.2) is 11.0 Å². The van der Waals surface area contributed by atoms with E-state index in [0.29, 0.717) is 11.6 Å². The lowest BCUT2D eigenvalue weighted by atomic mass is 10.3. The van der Waals surface area contributed by atoms with Crippen LogP contribution in [0.25, 0.3) is 0 Å². The monoisotopic (exact) mass is 348 g/mol. The van der Waals surface area contributed by atoms with E-state index in [-0.39, 0.29) is 10.4 Å². The highest BCUT2D eigenvalue weighted by Gasteiger charge is 2.07. The molecule has 94 valence electrons. The van der Waals surface area contributed by atoms with Gasteiger partial charge in [-0.2, -0.15) is 4.98 Å². The van der Waals surface area contributed by atoms with Crippen LogP contribution < -0.4 is 10.1 Å². The van der Waals surface area contributed by atoms with Gasteiger partial charge in [-0.15, -0.1) is 10.2 Å². The smallest absolute Gasteiger partial charge is 0.245 e. The fraction of sp³-hybridized carbons (Fsp3) is 0.100. The number of anilines is 2. The van der Waals surface area contributed by atoms with Crippen molar-refractivity contribution in [2.45, 2.75) is 0 Å². The minimum atomic E-state index is 0.0175. The van der Waals surface area contributed by atoms with Gasteiger partial charge < -0.3 is 10.1 Å². The summed E-state index contributed by atoms with van der Waals surface area (Å²) in [5.41, 5.74) is 0.736. The van der Waals surface area contributed by atoms with Crippen molar-refractivity contribution >= 4 is 50.6 Å². The minimum absolute atomic E-state index is 0.0175. The van der Waals surface area contributed by atoms with Crippen molar-refractivity contribution in [3.63, 3.8) is 0 Å². The van der Waals surface area contributed by atoms with Crippen molar-refractivity contribution in [1.82, 2.24) is 15.2 Å². The first kappa shape index (κ1) is 13.3. The number of benzene rings is 1. The van der Waals surface area contributed by atoms with Crippen molar-refractivity contribution in [3.8, 4) is 5.75 Å². The maximum atomic E-state index is 5.86. The maximum Gasteiger partial charge on any atom is 0.245 e. The fourth-order valence-corrected chi connectivity index (χ4v) is 1.98. The zero-order chi connectivity index (χ0) is 13.1. The molecule has 0 aliphatic rings. The summed E-state index contributed by atoms with van der Waals surface area (Å²) in [6.07, 6.45) is 0. The third-order valence-electron chi connectivity index (χ3n) is 1.99. The Morgan fingerprint density at radius 3 is 2.72 bits per heavy atom. The molecule has 0 radical (unpaired) electrons. The zero-order valence-electron chi connectivity index (χ0n) is 9.12. The molecule has 0 spiro atoms. The number of rotatable bonds is 3. The van der Waals surface area contributed by atoms with Crippen molar-refractivity contribution in [3.05, 3.63) is 33.1 Å². The molecule has 0 bridgehead atoms. The van der Waals surface area contributed by atoms with E-state index in [9.17, 15) is 0 Å². The van der Waals surface area contributed by atoms with E-state index in [1.54, 1.807) is 13.2 Å². The van der Waals surface area contributed by atoms with Gasteiger partial charge in [0.05, 0.1) is 7.11 Å². The van der Waals surface area contributed by atoms with Crippen LogP contribution in [0.3, 0.4) is 0 Å². The van der Waals surface area contributed by atoms with E-state index in [1.165, 1.54) is 0 Å². The number of hydrogen-bond donors (Lipinski definition) is 1. The number of halogens is 3. The molecule has 0 unspecified atom stereocenters. The quantitative estimate of drug-likeness (QED) is 0.915. The van der Waals surface area contributed by atoms with Crippen molar-refractivity contribution < 1.29 is 4.74 Å². The summed E-state index contributed by atoms with van der Waals surface area (Å²) in [5, 5.41) is 10.3. The lowest BCUT2D eigenvalue weighted by Crippen LogP contribution is -1.99. The number of methoxy groups -OCH3 is 1. The van der Waals surface area contributed by atoms with E-state index < -0.39 is 0 Å². The molecule has 0 atom stereocenters. The largest absolute Gasteiger partial charge is 0.497 e. The average molecular weight is 350 g/mol. The molecule has 0 saturated carbocycles. The number of nitrogens with zero attached hydrogens (tertiary/aromatic N) is 3. The van der Waals surface area contributed by atoms with Crippen molar-refractivity contribution in [1.29, 1.82) is 0 Å². The first-order valence-electron chi connectivity index (χ1n) is 4.76. The molecular formula is C10H7BrCl2N4O. The van der Waals surface area contributed by atoms with E-state index in [4.69, 9.17) is 27.9 Å². The van der Waals surface area contributed by atoms with Crippen LogP contribution in [0.15, 0.2) is 22.7 Å². The minimum Gasteiger partial charge on any atom is -0.497 e. The molecule has 0 saturated heterocycles. The predicted octanol–water partition coefficient (Wildman–Crippen LogP) is 3.69. The van der Waals surface area contributed by atoms with E-state index in [0.717, 1.165) is 10.2 Å². The standard InChI is InChI=1S/C10H7BrCl2N4O/c1-18-7-3-5(11)2-6(4-7)14-9-8(12)16-17-10(13)15-9/h2-4H,1H3,(H,14,15,17). The Bertz CT molecular complexity index is 582. The van der Waals surface area contributed by atoms with Gasteiger partial charge in [-0.05, 0) is 23.7 Å². The van der Waals surface area contributed by atoms with Gasteiger partial charge >= 0.3 is 0 Å². The topological polar surface area (TPSA) is 59.9 Å². The summed E-state index contributed by atoms with van der Waals surface area (Å²) in [5.74, 6) is 1.02. The van der Waals surface area contributed by atoms with Crippen LogP contribution in [0.4, 0.5) is 11.5 Å². The van der Waals surface area contributed by atoms with E-state index >= 15 is 0 Å². The van der Waals surface area contributed by atoms with Crippen molar-refractivity contribution in [2.24, 2.45) is 0 Å². The van der Waals surface area contributed by atoms with Gasteiger partial charge in [0.25, 0.3) is 0 Å². The van der Waals surface area contributed by atoms with Crippen LogP contribution in [0, 0.1) is 0 Å². The SMILES string of the molecule is COc1cc(Br)cc(Nc2nc(Cl)nnc2Cl)c1. The Kier molecular flexibility index (Phi) is 4.21. The highest BCUT2D eigenvalue weighted by atomic mass is 79.9. The third-order valence-corrected chi connectivity index (χ3v) is 2.86. The molecule has 0 aliphatic carbocycles. The van der Waals surface area contributed by atoms with Crippen LogP contribution in [-0.2, 0) is 0 Å². The van der Waals surface area contributed by atoms with Crippen molar-refractivity contribution in [2.75, 3.05) is 12.4 Å². The molecule has 1 heterocycles. The highest BCUT2D eigenvalue weighted by Crippen LogP contribution is 2.28. The molecule has 18 heavy (non-hydrogen) atoms. The van der Waals surface area contributed by atoms with Crippen LogP contribution in [-0.4, -0.2) is 22.3 Å². The Morgan fingerprint density at radius 2 is 2.00 bits per heavy atom. The van der Waals surface area contributed by atoms with E-state index in [2.05, 4.69) is 36.4 Å². The Labute approximate surface area is 122 Å². The summed E-state index contributed by atoms with van der Waals surface area (Å²) in [7, 11) is 1.58. The van der Waals surface area contributed by atoms with Gasteiger partial charge in [0, 0.05) is 16.2 Å². The molecule has 1 aromatic heterocycles. The summed E-state index contributed by atoms with van der Waals surface area (Å²) in [6.45, 7) is 0. The third kappa shape index (κ3) is 3.22. The second-order valence-corrected chi connectivity index (χ2v) is 4.84. The van der Waals surface area contributed by atoms with Gasteiger partial charge in [-0.3, -0.25) is 0 Å². The fourth-order valence-electron chi connectivity index (χ4n) is 1.26. The molecule has 0 amide bonds. The van der Waals surface area contributed by atoms with Crippen LogP contribution in [0.1, 0.15) is 0 Å². The van der Waals surface area contributed by atoms with Crippen LogP contribution in [0.5, 0.6) is 5.75 Å². The van der Waals surface area contributed by atoms with Crippen LogP contribution in [0.2, 0.25) is 10.4 Å². The lowest BCUT2D eigenvalue weighted by Gasteiger charge is -2.09. The van der Waals surface area contributed by atoms with Gasteiger partial charge in [-0.25, -0.2) is 0 Å². The van der Waals surface area contributed by atoms with Gasteiger partial charge in [0.2, 0.25) is 5.28 Å². The lowest BCUT2D eigenvalue weighted by molar-refractivity contribution is 0.415. The zero-order valence-corrected chi connectivity index (χ0v) is 12.2. The summed E-state index contributed by atoms with van der Waals surface area (Å²) in [6, 6.07) is 5.46. The Morgan fingerprint density at radius 1 is 1.22 bits per heavy atom. The molecule has 5 nitrogen and oxygen atoms in total. The number of aromatic nitrogens is 3. The average Bonchev–Trinajstić information content (AvgIpc) is 2.33. The molecule has 2 rings (SSSR count). The first-order valence-corrected chi connectivity index (χ1v) is 6.30.